The van der Waals surface area contributed by atoms with Gasteiger partial charge in [-0.2, -0.15) is 0 Å². The van der Waals surface area contributed by atoms with Crippen molar-refractivity contribution in [1.82, 2.24) is 0 Å². The lowest BCUT2D eigenvalue weighted by Crippen LogP contribution is -1.85. The van der Waals surface area contributed by atoms with E-state index in [9.17, 15) is 0 Å². The highest BCUT2D eigenvalue weighted by atomic mass is 35.6. The Morgan fingerprint density at radius 2 is 0.882 bits per heavy atom. The molecule has 0 N–H and O–H groups in total. The molecule has 0 aromatic rings. The fourth-order valence-corrected chi connectivity index (χ4v) is 1.74. The average molecular weight is 304 g/mol. The summed E-state index contributed by atoms with van der Waals surface area (Å²) < 4.78 is -0.750. The number of unbranched alkanes of at least 4 members (excludes halogenated alkanes) is 4. The van der Waals surface area contributed by atoms with Gasteiger partial charge in [0.15, 0.2) is 4.30 Å². The predicted octanol–water partition coefficient (Wildman–Crippen LogP) is 7.30. The van der Waals surface area contributed by atoms with Gasteiger partial charge in [0.2, 0.25) is 0 Å². The Hall–Kier alpha value is 0.870. The maximum absolute atomic E-state index is 4.81. The molecule has 0 amide bonds. The van der Waals surface area contributed by atoms with Crippen LogP contribution in [-0.4, -0.2) is 4.30 Å². The zero-order chi connectivity index (χ0) is 13.4. The van der Waals surface area contributed by atoms with Crippen molar-refractivity contribution in [3.63, 3.8) is 0 Å². The van der Waals surface area contributed by atoms with E-state index in [0.29, 0.717) is 0 Å². The van der Waals surface area contributed by atoms with Crippen molar-refractivity contribution in [2.75, 3.05) is 0 Å². The summed E-state index contributed by atoms with van der Waals surface area (Å²) in [6, 6.07) is 0. The average Bonchev–Trinajstić information content (AvgIpc) is 2.32. The highest BCUT2D eigenvalue weighted by molar-refractivity contribution is 6.63. The molecule has 1 aliphatic carbocycles. The number of hydrogen-bond acceptors (Lipinski definition) is 0. The van der Waals surface area contributed by atoms with Gasteiger partial charge in [0.1, 0.15) is 0 Å². The first-order valence-electron chi connectivity index (χ1n) is 7.07. The van der Waals surface area contributed by atoms with E-state index < -0.39 is 4.30 Å². The summed E-state index contributed by atoms with van der Waals surface area (Å²) in [7, 11) is 0. The monoisotopic (exact) mass is 302 g/mol. The van der Waals surface area contributed by atoms with Gasteiger partial charge in [-0.1, -0.05) is 119 Å². The van der Waals surface area contributed by atoms with Crippen LogP contribution >= 0.6 is 34.8 Å². The van der Waals surface area contributed by atoms with Gasteiger partial charge in [0.25, 0.3) is 0 Å². The molecule has 0 saturated heterocycles. The van der Waals surface area contributed by atoms with Gasteiger partial charge in [-0.3, -0.25) is 0 Å². The van der Waals surface area contributed by atoms with Crippen LogP contribution in [0.2, 0.25) is 0 Å². The summed E-state index contributed by atoms with van der Waals surface area (Å²) in [5, 5.41) is 0. The molecule has 0 atom stereocenters. The summed E-state index contributed by atoms with van der Waals surface area (Å²) in [6.45, 7) is 4.49. The quantitative estimate of drug-likeness (QED) is 0.377. The Balaban J connectivity index is 0. The van der Waals surface area contributed by atoms with Crippen molar-refractivity contribution < 1.29 is 0 Å². The summed E-state index contributed by atoms with van der Waals surface area (Å²) in [6.07, 6.45) is 16.0. The molecule has 0 nitrogen and oxygen atoms in total. The van der Waals surface area contributed by atoms with Crippen LogP contribution in [0.25, 0.3) is 0 Å². The number of alkyl halides is 3. The first-order valence-corrected chi connectivity index (χ1v) is 8.38. The van der Waals surface area contributed by atoms with Crippen LogP contribution in [-0.2, 0) is 0 Å². The van der Waals surface area contributed by atoms with Crippen molar-refractivity contribution >= 4 is 34.8 Å². The van der Waals surface area contributed by atoms with Gasteiger partial charge in [-0.05, 0) is 0 Å². The van der Waals surface area contributed by atoms with Crippen LogP contribution in [0.15, 0.2) is 0 Å². The molecular formula is C14H29Cl3. The summed E-state index contributed by atoms with van der Waals surface area (Å²) in [4.78, 5) is 0. The highest BCUT2D eigenvalue weighted by Gasteiger charge is 1.95. The van der Waals surface area contributed by atoms with E-state index in [2.05, 4.69) is 13.8 Å². The molecule has 0 spiro atoms. The van der Waals surface area contributed by atoms with Crippen LogP contribution in [0.4, 0.5) is 0 Å². The predicted molar refractivity (Wildman–Crippen MR) is 83.5 cm³/mol. The second-order valence-electron chi connectivity index (χ2n) is 4.43. The SMILES string of the molecule is C1CCCCC1.CCCCCCC.ClC(Cl)Cl. The molecule has 0 bridgehead atoms. The number of halogens is 3. The second-order valence-corrected chi connectivity index (χ2v) is 6.41. The minimum Gasteiger partial charge on any atom is -0.0874 e. The largest absolute Gasteiger partial charge is 0.180 e. The fourth-order valence-electron chi connectivity index (χ4n) is 1.74. The lowest BCUT2D eigenvalue weighted by molar-refractivity contribution is 0.504. The minimum atomic E-state index is -0.750. The smallest absolute Gasteiger partial charge is 0.0874 e. The standard InChI is InChI=1S/C7H16.C6H12.CHCl3/c1-3-5-7-6-4-2;1-2-4-6-5-3-1;2-1(3)4/h3-7H2,1-2H3;1-6H2;1H. The zero-order valence-corrected chi connectivity index (χ0v) is 13.8. The van der Waals surface area contributed by atoms with Gasteiger partial charge in [-0.15, -0.1) is 0 Å². The van der Waals surface area contributed by atoms with E-state index in [-0.39, 0.29) is 0 Å². The molecule has 0 radical (unpaired) electrons. The van der Waals surface area contributed by atoms with E-state index >= 15 is 0 Å². The summed E-state index contributed by atoms with van der Waals surface area (Å²) in [5.41, 5.74) is 0. The third-order valence-corrected chi connectivity index (χ3v) is 2.71. The number of hydrogen-bond donors (Lipinski definition) is 0. The Bertz CT molecular complexity index is 93.8. The van der Waals surface area contributed by atoms with E-state index in [1.807, 2.05) is 0 Å². The number of rotatable bonds is 4. The van der Waals surface area contributed by atoms with Crippen LogP contribution in [0.3, 0.4) is 0 Å². The molecular weight excluding hydrogens is 275 g/mol. The van der Waals surface area contributed by atoms with Gasteiger partial charge < -0.3 is 0 Å². The van der Waals surface area contributed by atoms with Crippen LogP contribution in [0.5, 0.6) is 0 Å². The maximum atomic E-state index is 4.81. The highest BCUT2D eigenvalue weighted by Crippen LogP contribution is 2.15. The first kappa shape index (κ1) is 20.2. The zero-order valence-electron chi connectivity index (χ0n) is 11.5. The molecule has 17 heavy (non-hydrogen) atoms. The van der Waals surface area contributed by atoms with Crippen molar-refractivity contribution in [3.05, 3.63) is 0 Å². The normalized spacial score (nSPS) is 14.5. The summed E-state index contributed by atoms with van der Waals surface area (Å²) in [5.74, 6) is 0. The lowest BCUT2D eigenvalue weighted by atomic mass is 10.0. The molecule has 1 rings (SSSR count). The van der Waals surface area contributed by atoms with Crippen molar-refractivity contribution in [2.24, 2.45) is 0 Å². The third kappa shape index (κ3) is 31.6. The van der Waals surface area contributed by atoms with Crippen LogP contribution in [0.1, 0.15) is 84.5 Å². The Labute approximate surface area is 123 Å². The van der Waals surface area contributed by atoms with Gasteiger partial charge in [-0.25, -0.2) is 0 Å². The first-order chi connectivity index (χ1) is 8.15. The van der Waals surface area contributed by atoms with Crippen molar-refractivity contribution in [3.8, 4) is 0 Å². The fraction of sp³-hybridized carbons (Fsp3) is 1.00. The van der Waals surface area contributed by atoms with Crippen LogP contribution < -0.4 is 0 Å². The van der Waals surface area contributed by atoms with Crippen molar-refractivity contribution in [1.29, 1.82) is 0 Å². The molecule has 1 aliphatic rings. The molecule has 1 saturated carbocycles. The maximum Gasteiger partial charge on any atom is 0.180 e. The van der Waals surface area contributed by atoms with Crippen molar-refractivity contribution in [2.45, 2.75) is 88.8 Å². The van der Waals surface area contributed by atoms with E-state index in [4.69, 9.17) is 34.8 Å². The molecule has 0 heterocycles. The molecule has 0 unspecified atom stereocenters. The molecule has 0 aromatic heterocycles. The van der Waals surface area contributed by atoms with Gasteiger partial charge >= 0.3 is 0 Å². The topological polar surface area (TPSA) is 0 Å². The Morgan fingerprint density at radius 3 is 1.06 bits per heavy atom. The lowest BCUT2D eigenvalue weighted by Gasteiger charge is -2.05. The molecule has 106 valence electrons. The van der Waals surface area contributed by atoms with E-state index in [0.717, 1.165) is 0 Å². The molecule has 0 aromatic carbocycles. The van der Waals surface area contributed by atoms with Gasteiger partial charge in [0, 0.05) is 0 Å². The Kier molecular flexibility index (Phi) is 22.8. The molecule has 0 aliphatic heterocycles. The molecule has 3 heteroatoms. The minimum absolute atomic E-state index is 0.750. The molecule has 1 fully saturated rings. The second kappa shape index (κ2) is 19.2. The van der Waals surface area contributed by atoms with E-state index in [1.165, 1.54) is 70.6 Å². The van der Waals surface area contributed by atoms with Crippen LogP contribution in [0, 0.1) is 0 Å². The van der Waals surface area contributed by atoms with Gasteiger partial charge in [0.05, 0.1) is 0 Å². The third-order valence-electron chi connectivity index (χ3n) is 2.71. The Morgan fingerprint density at radius 1 is 0.647 bits per heavy atom. The van der Waals surface area contributed by atoms with E-state index in [1.54, 1.807) is 0 Å². The summed E-state index contributed by atoms with van der Waals surface area (Å²) >= 11 is 14.4.